The average molecular weight is 176 g/mol. The summed E-state index contributed by atoms with van der Waals surface area (Å²) in [7, 11) is 1.83. The molecule has 0 amide bonds. The van der Waals surface area contributed by atoms with Crippen molar-refractivity contribution in [1.29, 1.82) is 0 Å². The van der Waals surface area contributed by atoms with Gasteiger partial charge in [0.1, 0.15) is 0 Å². The summed E-state index contributed by atoms with van der Waals surface area (Å²) in [5.41, 5.74) is 8.27. The van der Waals surface area contributed by atoms with E-state index >= 15 is 0 Å². The van der Waals surface area contributed by atoms with Gasteiger partial charge in [0, 0.05) is 30.1 Å². The number of hydrogen-bond acceptors (Lipinski definition) is 3. The van der Waals surface area contributed by atoms with Crippen molar-refractivity contribution in [3.63, 3.8) is 0 Å². The third-order valence-electron chi connectivity index (χ3n) is 2.31. The van der Waals surface area contributed by atoms with E-state index in [2.05, 4.69) is 0 Å². The van der Waals surface area contributed by atoms with Crippen LogP contribution in [0, 0.1) is 0 Å². The number of nitrogens with two attached hydrogens (primary N) is 1. The topological polar surface area (TPSA) is 49.5 Å². The number of aliphatic hydroxyl groups is 1. The number of benzene rings is 1. The molecule has 0 spiro atoms. The highest BCUT2D eigenvalue weighted by Crippen LogP contribution is 2.30. The van der Waals surface area contributed by atoms with Gasteiger partial charge in [0.2, 0.25) is 0 Å². The monoisotopic (exact) mass is 176 g/mol. The van der Waals surface area contributed by atoms with Gasteiger partial charge in [-0.2, -0.15) is 0 Å². The molecule has 0 bridgehead atoms. The summed E-state index contributed by atoms with van der Waals surface area (Å²) in [6.45, 7) is 0. The lowest BCUT2D eigenvalue weighted by molar-refractivity contribution is 0.0527. The number of anilines is 1. The van der Waals surface area contributed by atoms with Crippen LogP contribution in [-0.4, -0.2) is 17.1 Å². The van der Waals surface area contributed by atoms with Gasteiger partial charge in [-0.1, -0.05) is 12.1 Å². The number of rotatable bonds is 0. The fourth-order valence-electron chi connectivity index (χ4n) is 1.51. The molecule has 0 aliphatic carbocycles. The molecule has 0 fully saturated rings. The molecule has 0 radical (unpaired) electrons. The Morgan fingerprint density at radius 2 is 2.23 bits per heavy atom. The fourth-order valence-corrected chi connectivity index (χ4v) is 1.51. The van der Waals surface area contributed by atoms with Crippen LogP contribution in [0.15, 0.2) is 24.4 Å². The Labute approximate surface area is 77.1 Å². The molecule has 0 aromatic heterocycles. The average Bonchev–Trinajstić information content (AvgIpc) is 2.12. The minimum absolute atomic E-state index is 0.580. The molecule has 1 aromatic carbocycles. The van der Waals surface area contributed by atoms with E-state index in [9.17, 15) is 5.11 Å². The van der Waals surface area contributed by atoms with Gasteiger partial charge in [-0.3, -0.25) is 0 Å². The predicted molar refractivity (Wildman–Crippen MR) is 52.6 cm³/mol. The minimum Gasteiger partial charge on any atom is -0.398 e. The van der Waals surface area contributed by atoms with E-state index in [4.69, 9.17) is 5.73 Å². The summed E-state index contributed by atoms with van der Waals surface area (Å²) in [6.07, 6.45) is 3.16. The molecule has 3 heteroatoms. The maximum absolute atomic E-state index is 9.77. The van der Waals surface area contributed by atoms with Crippen LogP contribution in [0.4, 0.5) is 5.69 Å². The summed E-state index contributed by atoms with van der Waals surface area (Å²) < 4.78 is 0. The molecule has 13 heavy (non-hydrogen) atoms. The summed E-state index contributed by atoms with van der Waals surface area (Å²) in [5.74, 6) is 0. The molecule has 1 aliphatic rings. The molecule has 2 rings (SSSR count). The quantitative estimate of drug-likeness (QED) is 0.583. The van der Waals surface area contributed by atoms with Crippen LogP contribution in [-0.2, 0) is 0 Å². The SMILES string of the molecule is CN1C=Cc2c(N)cccc2C1O. The van der Waals surface area contributed by atoms with Gasteiger partial charge < -0.3 is 15.7 Å². The standard InChI is InChI=1S/C10H12N2O/c1-12-6-5-7-8(10(12)13)3-2-4-9(7)11/h2-6,10,13H,11H2,1H3. The maximum atomic E-state index is 9.77. The Morgan fingerprint density at radius 3 is 3.00 bits per heavy atom. The highest BCUT2D eigenvalue weighted by atomic mass is 16.3. The smallest absolute Gasteiger partial charge is 0.153 e. The lowest BCUT2D eigenvalue weighted by Gasteiger charge is -2.27. The van der Waals surface area contributed by atoms with Crippen molar-refractivity contribution in [2.45, 2.75) is 6.23 Å². The van der Waals surface area contributed by atoms with E-state index in [0.29, 0.717) is 5.69 Å². The van der Waals surface area contributed by atoms with Crippen LogP contribution in [0.25, 0.3) is 6.08 Å². The third kappa shape index (κ3) is 1.17. The molecule has 1 unspecified atom stereocenters. The summed E-state index contributed by atoms with van der Waals surface area (Å²) in [5, 5.41) is 9.77. The van der Waals surface area contributed by atoms with Gasteiger partial charge in [-0.15, -0.1) is 0 Å². The minimum atomic E-state index is -0.580. The van der Waals surface area contributed by atoms with Crippen molar-refractivity contribution in [3.8, 4) is 0 Å². The van der Waals surface area contributed by atoms with Crippen molar-refractivity contribution < 1.29 is 5.11 Å². The van der Waals surface area contributed by atoms with Crippen molar-refractivity contribution in [1.82, 2.24) is 4.90 Å². The van der Waals surface area contributed by atoms with Crippen molar-refractivity contribution in [3.05, 3.63) is 35.5 Å². The summed E-state index contributed by atoms with van der Waals surface area (Å²) >= 11 is 0. The van der Waals surface area contributed by atoms with Crippen LogP contribution in [0.5, 0.6) is 0 Å². The zero-order chi connectivity index (χ0) is 9.42. The molecule has 1 aromatic rings. The molecule has 0 saturated carbocycles. The Morgan fingerprint density at radius 1 is 1.46 bits per heavy atom. The third-order valence-corrected chi connectivity index (χ3v) is 2.31. The van der Waals surface area contributed by atoms with E-state index in [-0.39, 0.29) is 0 Å². The van der Waals surface area contributed by atoms with E-state index < -0.39 is 6.23 Å². The highest BCUT2D eigenvalue weighted by molar-refractivity contribution is 5.69. The van der Waals surface area contributed by atoms with E-state index in [1.807, 2.05) is 37.5 Å². The first-order valence-corrected chi connectivity index (χ1v) is 4.17. The Balaban J connectivity index is 2.58. The Bertz CT molecular complexity index is 360. The number of hydrogen-bond donors (Lipinski definition) is 2. The van der Waals surface area contributed by atoms with Crippen LogP contribution < -0.4 is 5.73 Å². The first-order chi connectivity index (χ1) is 6.20. The molecule has 1 aliphatic heterocycles. The van der Waals surface area contributed by atoms with E-state index in [1.54, 1.807) is 4.90 Å². The zero-order valence-electron chi connectivity index (χ0n) is 7.44. The molecule has 68 valence electrons. The number of fused-ring (bicyclic) bond motifs is 1. The second kappa shape index (κ2) is 2.78. The number of aliphatic hydroxyl groups excluding tert-OH is 1. The predicted octanol–water partition coefficient (Wildman–Crippen LogP) is 1.18. The largest absolute Gasteiger partial charge is 0.398 e. The second-order valence-electron chi connectivity index (χ2n) is 3.21. The Hall–Kier alpha value is -1.48. The van der Waals surface area contributed by atoms with Crippen molar-refractivity contribution in [2.24, 2.45) is 0 Å². The molecule has 3 nitrogen and oxygen atoms in total. The van der Waals surface area contributed by atoms with Crippen LogP contribution in [0.3, 0.4) is 0 Å². The zero-order valence-corrected chi connectivity index (χ0v) is 7.44. The van der Waals surface area contributed by atoms with Gasteiger partial charge in [0.15, 0.2) is 6.23 Å². The first kappa shape index (κ1) is 8.13. The normalized spacial score (nSPS) is 20.2. The molecule has 1 heterocycles. The van der Waals surface area contributed by atoms with Gasteiger partial charge in [-0.25, -0.2) is 0 Å². The van der Waals surface area contributed by atoms with Crippen LogP contribution >= 0.6 is 0 Å². The summed E-state index contributed by atoms with van der Waals surface area (Å²) in [6, 6.07) is 5.57. The van der Waals surface area contributed by atoms with E-state index in [0.717, 1.165) is 11.1 Å². The molecule has 1 atom stereocenters. The fraction of sp³-hybridized carbons (Fsp3) is 0.200. The van der Waals surface area contributed by atoms with Crippen molar-refractivity contribution in [2.75, 3.05) is 12.8 Å². The number of nitrogen functional groups attached to an aromatic ring is 1. The maximum Gasteiger partial charge on any atom is 0.153 e. The molecule has 3 N–H and O–H groups in total. The second-order valence-corrected chi connectivity index (χ2v) is 3.21. The molecular formula is C10H12N2O. The first-order valence-electron chi connectivity index (χ1n) is 4.17. The van der Waals surface area contributed by atoms with Crippen molar-refractivity contribution >= 4 is 11.8 Å². The van der Waals surface area contributed by atoms with Gasteiger partial charge in [0.25, 0.3) is 0 Å². The molecular weight excluding hydrogens is 164 g/mol. The highest BCUT2D eigenvalue weighted by Gasteiger charge is 2.18. The van der Waals surface area contributed by atoms with Gasteiger partial charge >= 0.3 is 0 Å². The lowest BCUT2D eigenvalue weighted by Crippen LogP contribution is -2.22. The van der Waals surface area contributed by atoms with Gasteiger partial charge in [0.05, 0.1) is 0 Å². The van der Waals surface area contributed by atoms with Crippen LogP contribution in [0.1, 0.15) is 17.4 Å². The molecule has 0 saturated heterocycles. The number of nitrogens with zero attached hydrogens (tertiary/aromatic N) is 1. The summed E-state index contributed by atoms with van der Waals surface area (Å²) in [4.78, 5) is 1.74. The van der Waals surface area contributed by atoms with E-state index in [1.165, 1.54) is 0 Å². The lowest BCUT2D eigenvalue weighted by atomic mass is 10.0. The van der Waals surface area contributed by atoms with Crippen LogP contribution in [0.2, 0.25) is 0 Å². The Kier molecular flexibility index (Phi) is 1.74. The van der Waals surface area contributed by atoms with Gasteiger partial charge in [-0.05, 0) is 12.1 Å².